The average molecular weight is 536 g/mol. The van der Waals surface area contributed by atoms with Crippen molar-refractivity contribution in [2.24, 2.45) is 0 Å². The lowest BCUT2D eigenvalue weighted by Gasteiger charge is -2.27. The van der Waals surface area contributed by atoms with E-state index < -0.39 is 0 Å². The third-order valence-electron chi connectivity index (χ3n) is 5.81. The smallest absolute Gasteiger partial charge is 0.260 e. The maximum atomic E-state index is 13.8. The van der Waals surface area contributed by atoms with Crippen molar-refractivity contribution >= 4 is 45.0 Å². The van der Waals surface area contributed by atoms with Gasteiger partial charge < -0.3 is 18.9 Å². The Kier molecular flexibility index (Phi) is 10.6. The molecule has 1 aliphatic rings. The summed E-state index contributed by atoms with van der Waals surface area (Å²) in [5.41, 5.74) is 1.39. The highest BCUT2D eigenvalue weighted by atomic mass is 35.5. The van der Waals surface area contributed by atoms with Crippen LogP contribution < -0.4 is 19.1 Å². The Bertz CT molecular complexity index is 1140. The predicted octanol–water partition coefficient (Wildman–Crippen LogP) is 4.89. The van der Waals surface area contributed by atoms with E-state index >= 15 is 0 Å². The van der Waals surface area contributed by atoms with Crippen LogP contribution in [0.3, 0.4) is 0 Å². The van der Waals surface area contributed by atoms with Crippen molar-refractivity contribution in [1.82, 2.24) is 9.88 Å². The maximum absolute atomic E-state index is 13.8. The van der Waals surface area contributed by atoms with Gasteiger partial charge in [-0.3, -0.25) is 14.6 Å². The minimum Gasteiger partial charge on any atom is -0.497 e. The molecule has 1 aromatic heterocycles. The van der Waals surface area contributed by atoms with Crippen molar-refractivity contribution < 1.29 is 23.7 Å². The number of carbonyl (C=O) groups excluding carboxylic acids is 1. The fourth-order valence-corrected chi connectivity index (χ4v) is 5.05. The maximum Gasteiger partial charge on any atom is 0.260 e. The van der Waals surface area contributed by atoms with E-state index in [1.165, 1.54) is 11.3 Å². The molecule has 3 aromatic rings. The van der Waals surface area contributed by atoms with Gasteiger partial charge in [0.05, 0.1) is 43.8 Å². The summed E-state index contributed by atoms with van der Waals surface area (Å²) in [5.74, 6) is 1.87. The van der Waals surface area contributed by atoms with Gasteiger partial charge in [0.1, 0.15) is 5.75 Å². The molecule has 1 saturated heterocycles. The van der Waals surface area contributed by atoms with E-state index in [-0.39, 0.29) is 18.3 Å². The zero-order chi connectivity index (χ0) is 24.6. The molecule has 2 aromatic carbocycles. The van der Waals surface area contributed by atoms with E-state index in [4.69, 9.17) is 23.9 Å². The Morgan fingerprint density at radius 3 is 2.56 bits per heavy atom. The Labute approximate surface area is 222 Å². The highest BCUT2D eigenvalue weighted by molar-refractivity contribution is 7.22. The van der Waals surface area contributed by atoms with Gasteiger partial charge in [-0.15, -0.1) is 12.4 Å². The molecule has 1 aliphatic heterocycles. The quantitative estimate of drug-likeness (QED) is 0.346. The van der Waals surface area contributed by atoms with Gasteiger partial charge >= 0.3 is 0 Å². The van der Waals surface area contributed by atoms with Crippen LogP contribution in [0.1, 0.15) is 30.6 Å². The van der Waals surface area contributed by atoms with Crippen LogP contribution in [0.15, 0.2) is 36.4 Å². The number of amides is 1. The van der Waals surface area contributed by atoms with Gasteiger partial charge in [-0.05, 0) is 56.7 Å². The zero-order valence-electron chi connectivity index (χ0n) is 21.0. The molecular formula is C26H34ClN3O5S. The zero-order valence-corrected chi connectivity index (χ0v) is 22.7. The number of morpholine rings is 1. The van der Waals surface area contributed by atoms with Crippen LogP contribution in [0.4, 0.5) is 5.13 Å². The standard InChI is InChI=1S/C26H33N3O5S.ClH/c1-4-33-22-10-7-19(17-23(22)34-5-2)25(30)29(12-6-11-28-13-15-32-16-14-28)26-27-21-9-8-20(31-3)18-24(21)35-26;/h7-10,17-18H,4-6,11-16H2,1-3H3;1H. The Hall–Kier alpha value is -2.59. The number of rotatable bonds is 11. The first kappa shape index (κ1) is 28.0. The van der Waals surface area contributed by atoms with Crippen molar-refractivity contribution in [3.63, 3.8) is 0 Å². The number of aromatic nitrogens is 1. The lowest BCUT2D eigenvalue weighted by Crippen LogP contribution is -2.39. The number of ether oxygens (including phenoxy) is 4. The predicted molar refractivity (Wildman–Crippen MR) is 146 cm³/mol. The molecule has 8 nitrogen and oxygen atoms in total. The second kappa shape index (κ2) is 13.6. The number of thiazole rings is 1. The highest BCUT2D eigenvalue weighted by Crippen LogP contribution is 2.34. The summed E-state index contributed by atoms with van der Waals surface area (Å²) in [6.45, 7) is 9.67. The van der Waals surface area contributed by atoms with Crippen LogP contribution in [0.2, 0.25) is 0 Å². The van der Waals surface area contributed by atoms with E-state index in [1.54, 1.807) is 30.2 Å². The van der Waals surface area contributed by atoms with Gasteiger partial charge in [-0.2, -0.15) is 0 Å². The molecule has 0 saturated carbocycles. The Morgan fingerprint density at radius 2 is 1.83 bits per heavy atom. The first-order chi connectivity index (χ1) is 17.1. The van der Waals surface area contributed by atoms with Crippen LogP contribution in [-0.2, 0) is 4.74 Å². The van der Waals surface area contributed by atoms with Gasteiger partial charge in [-0.25, -0.2) is 4.98 Å². The lowest BCUT2D eigenvalue weighted by atomic mass is 10.1. The summed E-state index contributed by atoms with van der Waals surface area (Å²) in [6, 6.07) is 11.1. The molecular weight excluding hydrogens is 502 g/mol. The molecule has 0 bridgehead atoms. The number of carbonyl (C=O) groups is 1. The van der Waals surface area contributed by atoms with E-state index in [0.717, 1.165) is 55.2 Å². The second-order valence-electron chi connectivity index (χ2n) is 8.12. The SMILES string of the molecule is CCOc1ccc(C(=O)N(CCCN2CCOCC2)c2nc3ccc(OC)cc3s2)cc1OCC.Cl. The van der Waals surface area contributed by atoms with E-state index in [0.29, 0.717) is 42.0 Å². The summed E-state index contributed by atoms with van der Waals surface area (Å²) in [7, 11) is 1.65. The third kappa shape index (κ3) is 6.79. The summed E-state index contributed by atoms with van der Waals surface area (Å²) in [4.78, 5) is 22.7. The number of benzene rings is 2. The molecule has 36 heavy (non-hydrogen) atoms. The summed E-state index contributed by atoms with van der Waals surface area (Å²) >= 11 is 1.49. The molecule has 1 amide bonds. The molecule has 0 atom stereocenters. The number of fused-ring (bicyclic) bond motifs is 1. The van der Waals surface area contributed by atoms with Crippen LogP contribution in [0.25, 0.3) is 10.2 Å². The lowest BCUT2D eigenvalue weighted by molar-refractivity contribution is 0.0376. The molecule has 2 heterocycles. The summed E-state index contributed by atoms with van der Waals surface area (Å²) in [5, 5.41) is 0.673. The van der Waals surface area contributed by atoms with Crippen LogP contribution in [0.5, 0.6) is 17.2 Å². The van der Waals surface area contributed by atoms with Crippen LogP contribution in [0, 0.1) is 0 Å². The third-order valence-corrected chi connectivity index (χ3v) is 6.85. The minimum absolute atomic E-state index is 0. The molecule has 196 valence electrons. The van der Waals surface area contributed by atoms with Crippen molar-refractivity contribution in [2.75, 3.05) is 64.6 Å². The molecule has 0 unspecified atom stereocenters. The fourth-order valence-electron chi connectivity index (χ4n) is 4.04. The first-order valence-corrected chi connectivity index (χ1v) is 12.9. The van der Waals surface area contributed by atoms with Crippen LogP contribution in [-0.4, -0.2) is 75.5 Å². The Morgan fingerprint density at radius 1 is 1.08 bits per heavy atom. The number of halogens is 1. The van der Waals surface area contributed by atoms with Gasteiger partial charge in [0.2, 0.25) is 0 Å². The van der Waals surface area contributed by atoms with Gasteiger partial charge in [0, 0.05) is 31.7 Å². The molecule has 0 spiro atoms. The summed E-state index contributed by atoms with van der Waals surface area (Å²) < 4.78 is 23.2. The highest BCUT2D eigenvalue weighted by Gasteiger charge is 2.23. The minimum atomic E-state index is -0.109. The number of methoxy groups -OCH3 is 1. The molecule has 0 radical (unpaired) electrons. The molecule has 4 rings (SSSR count). The normalized spacial score (nSPS) is 13.8. The largest absolute Gasteiger partial charge is 0.497 e. The van der Waals surface area contributed by atoms with Crippen molar-refractivity contribution in [1.29, 1.82) is 0 Å². The number of hydrogen-bond donors (Lipinski definition) is 0. The molecule has 10 heteroatoms. The van der Waals surface area contributed by atoms with E-state index in [1.807, 2.05) is 32.0 Å². The summed E-state index contributed by atoms with van der Waals surface area (Å²) in [6.07, 6.45) is 0.834. The second-order valence-corrected chi connectivity index (χ2v) is 9.13. The van der Waals surface area contributed by atoms with Crippen molar-refractivity contribution in [2.45, 2.75) is 20.3 Å². The van der Waals surface area contributed by atoms with Gasteiger partial charge in [0.25, 0.3) is 5.91 Å². The Balaban J connectivity index is 0.00000361. The molecule has 1 fully saturated rings. The molecule has 0 aliphatic carbocycles. The number of hydrogen-bond acceptors (Lipinski definition) is 8. The average Bonchev–Trinajstić information content (AvgIpc) is 3.31. The van der Waals surface area contributed by atoms with Crippen molar-refractivity contribution in [3.8, 4) is 17.2 Å². The topological polar surface area (TPSA) is 73.4 Å². The first-order valence-electron chi connectivity index (χ1n) is 12.1. The van der Waals surface area contributed by atoms with Crippen LogP contribution >= 0.6 is 23.7 Å². The number of nitrogens with zero attached hydrogens (tertiary/aromatic N) is 3. The van der Waals surface area contributed by atoms with Gasteiger partial charge in [-0.1, -0.05) is 11.3 Å². The fraction of sp³-hybridized carbons (Fsp3) is 0.462. The van der Waals surface area contributed by atoms with E-state index in [2.05, 4.69) is 4.90 Å². The van der Waals surface area contributed by atoms with Gasteiger partial charge in [0.15, 0.2) is 16.6 Å². The van der Waals surface area contributed by atoms with Crippen molar-refractivity contribution in [3.05, 3.63) is 42.0 Å². The number of anilines is 1. The van der Waals surface area contributed by atoms with E-state index in [9.17, 15) is 4.79 Å². The monoisotopic (exact) mass is 535 g/mol. The molecule has 0 N–H and O–H groups in total.